The van der Waals surface area contributed by atoms with E-state index in [1.54, 1.807) is 4.31 Å². The highest BCUT2D eigenvalue weighted by atomic mass is 32.2. The zero-order valence-corrected chi connectivity index (χ0v) is 14.0. The first-order chi connectivity index (χ1) is 11.0. The standard InChI is InChI=1S/C17H23FN2O2S/c18-15-4-7-17(8-5-15)23(21,22)20-11-14-3-6-16(12-20)19(10-14)9-13-1-2-13/h4-5,7-8,13-14,16H,1-3,6,9-12H2/t14-,16-/m1/s1. The Labute approximate surface area is 137 Å². The predicted octanol–water partition coefficient (Wildman–Crippen LogP) is 2.32. The minimum Gasteiger partial charge on any atom is -0.298 e. The number of rotatable bonds is 4. The lowest BCUT2D eigenvalue weighted by atomic mass is 9.95. The molecular formula is C17H23FN2O2S. The number of fused-ring (bicyclic) bond motifs is 4. The molecule has 3 aliphatic heterocycles. The summed E-state index contributed by atoms with van der Waals surface area (Å²) in [5.41, 5.74) is 0. The SMILES string of the molecule is O=S(=O)(c1ccc(F)cc1)N1C[C@@H]2CC[C@H](C1)N(CC1CC1)C2. The van der Waals surface area contributed by atoms with Crippen molar-refractivity contribution in [1.82, 2.24) is 9.21 Å². The third-order valence-corrected chi connectivity index (χ3v) is 7.28. The monoisotopic (exact) mass is 338 g/mol. The van der Waals surface area contributed by atoms with Gasteiger partial charge < -0.3 is 0 Å². The summed E-state index contributed by atoms with van der Waals surface area (Å²) < 4.78 is 40.5. The first-order valence-electron chi connectivity index (χ1n) is 8.52. The van der Waals surface area contributed by atoms with Gasteiger partial charge in [0.25, 0.3) is 0 Å². The molecule has 1 saturated carbocycles. The summed E-state index contributed by atoms with van der Waals surface area (Å²) in [5, 5.41) is 0. The van der Waals surface area contributed by atoms with Crippen molar-refractivity contribution >= 4 is 10.0 Å². The van der Waals surface area contributed by atoms with E-state index >= 15 is 0 Å². The molecular weight excluding hydrogens is 315 g/mol. The average Bonchev–Trinajstić information content (AvgIpc) is 3.35. The summed E-state index contributed by atoms with van der Waals surface area (Å²) >= 11 is 0. The summed E-state index contributed by atoms with van der Waals surface area (Å²) in [7, 11) is -3.52. The average molecular weight is 338 g/mol. The second-order valence-electron chi connectivity index (χ2n) is 7.27. The summed E-state index contributed by atoms with van der Waals surface area (Å²) in [6.07, 6.45) is 4.85. The molecule has 126 valence electrons. The smallest absolute Gasteiger partial charge is 0.243 e. The normalized spacial score (nSPS) is 29.6. The fourth-order valence-electron chi connectivity index (χ4n) is 3.94. The molecule has 23 heavy (non-hydrogen) atoms. The van der Waals surface area contributed by atoms with Crippen LogP contribution in [-0.2, 0) is 10.0 Å². The Balaban J connectivity index is 1.56. The Hall–Kier alpha value is -0.980. The number of benzene rings is 1. The summed E-state index contributed by atoms with van der Waals surface area (Å²) in [4.78, 5) is 2.72. The second-order valence-corrected chi connectivity index (χ2v) is 9.21. The van der Waals surface area contributed by atoms with Gasteiger partial charge in [0.05, 0.1) is 4.90 Å². The first-order valence-corrected chi connectivity index (χ1v) is 9.96. The van der Waals surface area contributed by atoms with E-state index in [0.717, 1.165) is 31.8 Å². The van der Waals surface area contributed by atoms with Crippen molar-refractivity contribution in [3.05, 3.63) is 30.1 Å². The molecule has 0 unspecified atom stereocenters. The lowest BCUT2D eigenvalue weighted by Crippen LogP contribution is -2.45. The summed E-state index contributed by atoms with van der Waals surface area (Å²) in [6.45, 7) is 3.32. The Morgan fingerprint density at radius 2 is 1.74 bits per heavy atom. The number of sulfonamides is 1. The highest BCUT2D eigenvalue weighted by molar-refractivity contribution is 7.89. The van der Waals surface area contributed by atoms with Crippen LogP contribution >= 0.6 is 0 Å². The molecule has 0 radical (unpaired) electrons. The molecule has 4 nitrogen and oxygen atoms in total. The molecule has 4 aliphatic rings. The molecule has 6 heteroatoms. The predicted molar refractivity (Wildman–Crippen MR) is 86.0 cm³/mol. The van der Waals surface area contributed by atoms with Crippen molar-refractivity contribution in [3.8, 4) is 0 Å². The van der Waals surface area contributed by atoms with E-state index in [0.29, 0.717) is 25.0 Å². The Kier molecular flexibility index (Phi) is 3.94. The molecule has 2 atom stereocenters. The van der Waals surface area contributed by atoms with Crippen molar-refractivity contribution < 1.29 is 12.8 Å². The van der Waals surface area contributed by atoms with Gasteiger partial charge in [0.1, 0.15) is 5.82 Å². The van der Waals surface area contributed by atoms with Crippen molar-refractivity contribution in [2.24, 2.45) is 11.8 Å². The minimum absolute atomic E-state index is 0.203. The summed E-state index contributed by atoms with van der Waals surface area (Å²) in [6, 6.07) is 5.53. The Morgan fingerprint density at radius 1 is 1.00 bits per heavy atom. The topological polar surface area (TPSA) is 40.6 Å². The molecule has 4 fully saturated rings. The van der Waals surface area contributed by atoms with Crippen LogP contribution in [0.25, 0.3) is 0 Å². The molecule has 1 aromatic carbocycles. The van der Waals surface area contributed by atoms with Crippen molar-refractivity contribution in [2.75, 3.05) is 26.2 Å². The quantitative estimate of drug-likeness (QED) is 0.846. The molecule has 0 aromatic heterocycles. The van der Waals surface area contributed by atoms with Crippen LogP contribution in [-0.4, -0.2) is 49.8 Å². The molecule has 5 rings (SSSR count). The zero-order chi connectivity index (χ0) is 16.0. The van der Waals surface area contributed by atoms with E-state index in [1.807, 2.05) is 0 Å². The lowest BCUT2D eigenvalue weighted by molar-refractivity contribution is 0.127. The maximum absolute atomic E-state index is 13.1. The van der Waals surface area contributed by atoms with Gasteiger partial charge >= 0.3 is 0 Å². The number of hydrogen-bond donors (Lipinski definition) is 0. The minimum atomic E-state index is -3.52. The van der Waals surface area contributed by atoms with E-state index < -0.39 is 15.8 Å². The van der Waals surface area contributed by atoms with E-state index in [-0.39, 0.29) is 4.90 Å². The second kappa shape index (κ2) is 5.83. The maximum atomic E-state index is 13.1. The van der Waals surface area contributed by atoms with Gasteiger partial charge in [-0.15, -0.1) is 0 Å². The van der Waals surface area contributed by atoms with Gasteiger partial charge in [0.15, 0.2) is 0 Å². The van der Waals surface area contributed by atoms with Crippen LogP contribution in [0.2, 0.25) is 0 Å². The molecule has 0 spiro atoms. The maximum Gasteiger partial charge on any atom is 0.243 e. The molecule has 1 aliphatic carbocycles. The number of hydrogen-bond acceptors (Lipinski definition) is 3. The van der Waals surface area contributed by atoms with E-state index in [4.69, 9.17) is 0 Å². The Morgan fingerprint density at radius 3 is 2.43 bits per heavy atom. The van der Waals surface area contributed by atoms with Crippen LogP contribution in [0.3, 0.4) is 0 Å². The number of halogens is 1. The third kappa shape index (κ3) is 3.16. The Bertz CT molecular complexity index is 672. The largest absolute Gasteiger partial charge is 0.298 e. The molecule has 1 aromatic rings. The lowest BCUT2D eigenvalue weighted by Gasteiger charge is -2.36. The van der Waals surface area contributed by atoms with Crippen molar-refractivity contribution in [1.29, 1.82) is 0 Å². The summed E-state index contributed by atoms with van der Waals surface area (Å²) in [5.74, 6) is 0.842. The highest BCUT2D eigenvalue weighted by Crippen LogP contribution is 2.36. The zero-order valence-electron chi connectivity index (χ0n) is 13.2. The molecule has 0 amide bonds. The van der Waals surface area contributed by atoms with Gasteiger partial charge in [0, 0.05) is 32.2 Å². The molecule has 2 bridgehead atoms. The number of nitrogens with zero attached hydrogens (tertiary/aromatic N) is 2. The van der Waals surface area contributed by atoms with Gasteiger partial charge in [-0.05, 0) is 61.8 Å². The van der Waals surface area contributed by atoms with E-state index in [9.17, 15) is 12.8 Å². The molecule has 3 saturated heterocycles. The van der Waals surface area contributed by atoms with Gasteiger partial charge in [-0.2, -0.15) is 4.31 Å². The van der Waals surface area contributed by atoms with Gasteiger partial charge in [-0.3, -0.25) is 4.90 Å². The van der Waals surface area contributed by atoms with Gasteiger partial charge in [-0.1, -0.05) is 0 Å². The van der Waals surface area contributed by atoms with E-state index in [1.165, 1.54) is 37.1 Å². The van der Waals surface area contributed by atoms with Gasteiger partial charge in [0.2, 0.25) is 10.0 Å². The fraction of sp³-hybridized carbons (Fsp3) is 0.647. The molecule has 3 heterocycles. The first kappa shape index (κ1) is 15.5. The van der Waals surface area contributed by atoms with Crippen LogP contribution in [0.1, 0.15) is 25.7 Å². The van der Waals surface area contributed by atoms with Crippen LogP contribution in [0.4, 0.5) is 4.39 Å². The van der Waals surface area contributed by atoms with Gasteiger partial charge in [-0.25, -0.2) is 12.8 Å². The van der Waals surface area contributed by atoms with Crippen molar-refractivity contribution in [3.63, 3.8) is 0 Å². The van der Waals surface area contributed by atoms with Crippen LogP contribution in [0.15, 0.2) is 29.2 Å². The van der Waals surface area contributed by atoms with Crippen LogP contribution < -0.4 is 0 Å². The molecule has 0 N–H and O–H groups in total. The van der Waals surface area contributed by atoms with E-state index in [2.05, 4.69) is 4.90 Å². The van der Waals surface area contributed by atoms with Crippen LogP contribution in [0.5, 0.6) is 0 Å². The third-order valence-electron chi connectivity index (χ3n) is 5.43. The highest BCUT2D eigenvalue weighted by Gasteiger charge is 2.40. The van der Waals surface area contributed by atoms with Crippen molar-refractivity contribution in [2.45, 2.75) is 36.6 Å². The number of piperidine rings is 1. The van der Waals surface area contributed by atoms with Crippen LogP contribution in [0, 0.1) is 17.7 Å². The fourth-order valence-corrected chi connectivity index (χ4v) is 5.50.